The summed E-state index contributed by atoms with van der Waals surface area (Å²) >= 11 is 6.04. The minimum absolute atomic E-state index is 0.0361. The molecule has 1 fully saturated rings. The zero-order valence-corrected chi connectivity index (χ0v) is 16.8. The van der Waals surface area contributed by atoms with Crippen LogP contribution in [0.5, 0.6) is 5.75 Å². The van der Waals surface area contributed by atoms with Crippen LogP contribution in [0, 0.1) is 0 Å². The van der Waals surface area contributed by atoms with Crippen LogP contribution in [0.25, 0.3) is 5.69 Å². The number of hydrogen-bond acceptors (Lipinski definition) is 4. The van der Waals surface area contributed by atoms with Gasteiger partial charge in [-0.15, -0.1) is 0 Å². The number of piperazine rings is 1. The number of ether oxygens (including phenoxy) is 1. The molecule has 0 aliphatic carbocycles. The van der Waals surface area contributed by atoms with Crippen LogP contribution in [0.4, 0.5) is 0 Å². The molecule has 6 nitrogen and oxygen atoms in total. The van der Waals surface area contributed by atoms with E-state index in [0.29, 0.717) is 30.4 Å². The van der Waals surface area contributed by atoms with Crippen molar-refractivity contribution in [2.24, 2.45) is 0 Å². The third kappa shape index (κ3) is 4.96. The second kappa shape index (κ2) is 9.11. The number of aromatic nitrogens is 2. The molecule has 0 bridgehead atoms. The van der Waals surface area contributed by atoms with E-state index in [1.54, 1.807) is 16.9 Å². The molecule has 1 aromatic heterocycles. The molecule has 0 unspecified atom stereocenters. The van der Waals surface area contributed by atoms with Gasteiger partial charge >= 0.3 is 0 Å². The summed E-state index contributed by atoms with van der Waals surface area (Å²) in [5.74, 6) is 0.850. The molecule has 3 aromatic rings. The predicted molar refractivity (Wildman–Crippen MR) is 113 cm³/mol. The van der Waals surface area contributed by atoms with E-state index in [1.165, 1.54) is 0 Å². The molecule has 0 radical (unpaired) electrons. The molecule has 2 aromatic carbocycles. The van der Waals surface area contributed by atoms with Gasteiger partial charge < -0.3 is 9.64 Å². The largest absolute Gasteiger partial charge is 0.492 e. The zero-order chi connectivity index (χ0) is 20.1. The number of halogens is 1. The molecule has 0 N–H and O–H groups in total. The van der Waals surface area contributed by atoms with E-state index in [9.17, 15) is 4.79 Å². The maximum absolute atomic E-state index is 12.8. The Bertz CT molecular complexity index is 952. The number of para-hydroxylation sites is 1. The molecule has 1 aliphatic rings. The Morgan fingerprint density at radius 1 is 1.00 bits per heavy atom. The van der Waals surface area contributed by atoms with E-state index >= 15 is 0 Å². The summed E-state index contributed by atoms with van der Waals surface area (Å²) < 4.78 is 7.44. The Hall–Kier alpha value is -2.83. The van der Waals surface area contributed by atoms with E-state index in [2.05, 4.69) is 10.00 Å². The topological polar surface area (TPSA) is 50.6 Å². The number of benzene rings is 2. The van der Waals surface area contributed by atoms with Crippen LogP contribution in [0.2, 0.25) is 5.02 Å². The minimum atomic E-state index is -0.0361. The first kappa shape index (κ1) is 19.5. The van der Waals surface area contributed by atoms with Crippen LogP contribution in [-0.2, 0) is 0 Å². The van der Waals surface area contributed by atoms with Gasteiger partial charge in [-0.3, -0.25) is 9.69 Å². The van der Waals surface area contributed by atoms with Crippen molar-refractivity contribution in [1.29, 1.82) is 0 Å². The Morgan fingerprint density at radius 2 is 1.79 bits per heavy atom. The second-order valence-electron chi connectivity index (χ2n) is 6.92. The first-order chi connectivity index (χ1) is 14.2. The molecule has 7 heteroatoms. The van der Waals surface area contributed by atoms with Crippen LogP contribution in [0.3, 0.4) is 0 Å². The van der Waals surface area contributed by atoms with Gasteiger partial charge in [0, 0.05) is 43.9 Å². The molecule has 0 saturated carbocycles. The highest BCUT2D eigenvalue weighted by Crippen LogP contribution is 2.15. The molecule has 1 aliphatic heterocycles. The molecule has 0 atom stereocenters. The first-order valence-corrected chi connectivity index (χ1v) is 10.1. The smallest absolute Gasteiger partial charge is 0.274 e. The summed E-state index contributed by atoms with van der Waals surface area (Å²) in [4.78, 5) is 17.0. The lowest BCUT2D eigenvalue weighted by Crippen LogP contribution is -2.49. The van der Waals surface area contributed by atoms with Crippen molar-refractivity contribution in [3.63, 3.8) is 0 Å². The third-order valence-corrected chi connectivity index (χ3v) is 5.19. The third-order valence-electron chi connectivity index (χ3n) is 4.96. The summed E-state index contributed by atoms with van der Waals surface area (Å²) in [7, 11) is 0. The van der Waals surface area contributed by atoms with Gasteiger partial charge in [0.25, 0.3) is 5.91 Å². The summed E-state index contributed by atoms with van der Waals surface area (Å²) in [6.07, 6.45) is 1.79. The number of nitrogens with zero attached hydrogens (tertiary/aromatic N) is 4. The lowest BCUT2D eigenvalue weighted by atomic mass is 10.3. The van der Waals surface area contributed by atoms with Crippen LogP contribution in [-0.4, -0.2) is 64.8 Å². The average molecular weight is 411 g/mol. The molecule has 1 amide bonds. The van der Waals surface area contributed by atoms with E-state index in [4.69, 9.17) is 16.3 Å². The van der Waals surface area contributed by atoms with Crippen LogP contribution < -0.4 is 4.74 Å². The Kier molecular flexibility index (Phi) is 6.12. The highest BCUT2D eigenvalue weighted by Gasteiger charge is 2.23. The van der Waals surface area contributed by atoms with Gasteiger partial charge in [-0.1, -0.05) is 35.9 Å². The Labute approximate surface area is 175 Å². The summed E-state index contributed by atoms with van der Waals surface area (Å²) in [5.41, 5.74) is 1.28. The Balaban J connectivity index is 1.27. The fourth-order valence-electron chi connectivity index (χ4n) is 3.35. The highest BCUT2D eigenvalue weighted by molar-refractivity contribution is 6.30. The van der Waals surface area contributed by atoms with Crippen LogP contribution >= 0.6 is 11.6 Å². The second-order valence-corrected chi connectivity index (χ2v) is 7.36. The lowest BCUT2D eigenvalue weighted by Gasteiger charge is -2.34. The van der Waals surface area contributed by atoms with Gasteiger partial charge in [-0.2, -0.15) is 5.10 Å². The maximum Gasteiger partial charge on any atom is 0.274 e. The molecule has 4 rings (SSSR count). The van der Waals surface area contributed by atoms with Crippen molar-refractivity contribution in [3.05, 3.63) is 77.6 Å². The fraction of sp³-hybridized carbons (Fsp3) is 0.273. The van der Waals surface area contributed by atoms with Crippen molar-refractivity contribution in [1.82, 2.24) is 19.6 Å². The summed E-state index contributed by atoms with van der Waals surface area (Å²) in [6, 6.07) is 19.0. The molecular formula is C22H23ClN4O2. The Morgan fingerprint density at radius 3 is 2.55 bits per heavy atom. The molecule has 2 heterocycles. The van der Waals surface area contributed by atoms with Gasteiger partial charge in [0.05, 0.1) is 5.69 Å². The van der Waals surface area contributed by atoms with Gasteiger partial charge in [-0.05, 0) is 36.4 Å². The first-order valence-electron chi connectivity index (χ1n) is 9.70. The molecule has 150 valence electrons. The van der Waals surface area contributed by atoms with Gasteiger partial charge in [0.15, 0.2) is 5.69 Å². The van der Waals surface area contributed by atoms with Crippen molar-refractivity contribution < 1.29 is 9.53 Å². The maximum atomic E-state index is 12.8. The van der Waals surface area contributed by atoms with E-state index in [-0.39, 0.29) is 5.91 Å². The standard InChI is InChI=1S/C22H23ClN4O2/c23-18-5-4-6-19(17-18)27-10-9-21(24-27)22(28)26-13-11-25(12-14-26)15-16-29-20-7-2-1-3-8-20/h1-10,17H,11-16H2. The minimum Gasteiger partial charge on any atom is -0.492 e. The van der Waals surface area contributed by atoms with Gasteiger partial charge in [-0.25, -0.2) is 4.68 Å². The average Bonchev–Trinajstić information content (AvgIpc) is 3.25. The van der Waals surface area contributed by atoms with E-state index < -0.39 is 0 Å². The van der Waals surface area contributed by atoms with Crippen molar-refractivity contribution in [2.75, 3.05) is 39.3 Å². The molecule has 1 saturated heterocycles. The molecular weight excluding hydrogens is 388 g/mol. The van der Waals surface area contributed by atoms with E-state index in [1.807, 2.05) is 59.5 Å². The normalized spacial score (nSPS) is 14.7. The summed E-state index contributed by atoms with van der Waals surface area (Å²) in [6.45, 7) is 4.53. The van der Waals surface area contributed by atoms with Crippen molar-refractivity contribution in [2.45, 2.75) is 0 Å². The number of carbonyl (C=O) groups excluding carboxylic acids is 1. The quantitative estimate of drug-likeness (QED) is 0.625. The highest BCUT2D eigenvalue weighted by atomic mass is 35.5. The predicted octanol–water partition coefficient (Wildman–Crippen LogP) is 3.36. The number of amides is 1. The number of carbonyl (C=O) groups is 1. The monoisotopic (exact) mass is 410 g/mol. The molecule has 0 spiro atoms. The fourth-order valence-corrected chi connectivity index (χ4v) is 3.53. The molecule has 29 heavy (non-hydrogen) atoms. The van der Waals surface area contributed by atoms with Crippen molar-refractivity contribution >= 4 is 17.5 Å². The summed E-state index contributed by atoms with van der Waals surface area (Å²) in [5, 5.41) is 5.07. The van der Waals surface area contributed by atoms with Crippen LogP contribution in [0.1, 0.15) is 10.5 Å². The SMILES string of the molecule is O=C(c1ccn(-c2cccc(Cl)c2)n1)N1CCN(CCOc2ccccc2)CC1. The number of hydrogen-bond donors (Lipinski definition) is 0. The van der Waals surface area contributed by atoms with Gasteiger partial charge in [0.2, 0.25) is 0 Å². The van der Waals surface area contributed by atoms with Crippen LogP contribution in [0.15, 0.2) is 66.9 Å². The zero-order valence-electron chi connectivity index (χ0n) is 16.1. The van der Waals surface area contributed by atoms with Gasteiger partial charge in [0.1, 0.15) is 12.4 Å². The van der Waals surface area contributed by atoms with E-state index in [0.717, 1.165) is 31.1 Å². The lowest BCUT2D eigenvalue weighted by molar-refractivity contribution is 0.0614. The number of rotatable bonds is 6. The van der Waals surface area contributed by atoms with Crippen molar-refractivity contribution in [3.8, 4) is 11.4 Å².